The molecule has 5 nitrogen and oxygen atoms in total. The Labute approximate surface area is 154 Å². The van der Waals surface area contributed by atoms with E-state index in [1.165, 1.54) is 5.56 Å². The maximum absolute atomic E-state index is 12.1. The molecule has 0 unspecified atom stereocenters. The summed E-state index contributed by atoms with van der Waals surface area (Å²) in [4.78, 5) is 24.1. The number of nitrogens with one attached hydrogen (secondary N) is 1. The fraction of sp³-hybridized carbons (Fsp3) is 0.333. The molecule has 26 heavy (non-hydrogen) atoms. The first-order valence-corrected chi connectivity index (χ1v) is 8.74. The van der Waals surface area contributed by atoms with Gasteiger partial charge in [0.2, 0.25) is 0 Å². The van der Waals surface area contributed by atoms with Gasteiger partial charge < -0.3 is 14.8 Å². The van der Waals surface area contributed by atoms with Gasteiger partial charge in [0.1, 0.15) is 5.75 Å². The SMILES string of the molecule is CCc1ccc(CCC(=O)O[C@@H](C)C(=O)Nc2ccc(OC)cc2)cc1. The molecular formula is C21H25NO4. The van der Waals surface area contributed by atoms with Crippen LogP contribution in [-0.2, 0) is 27.2 Å². The summed E-state index contributed by atoms with van der Waals surface area (Å²) in [6.45, 7) is 3.66. The number of esters is 1. The fourth-order valence-electron chi connectivity index (χ4n) is 2.42. The third-order valence-electron chi connectivity index (χ3n) is 4.08. The standard InChI is InChI=1S/C21H25NO4/c1-4-16-5-7-17(8-6-16)9-14-20(23)26-15(2)21(24)22-18-10-12-19(25-3)13-11-18/h5-8,10-13,15H,4,9,14H2,1-3H3,(H,22,24)/t15-/m0/s1. The van der Waals surface area contributed by atoms with E-state index in [0.29, 0.717) is 17.9 Å². The number of rotatable bonds is 8. The first-order valence-electron chi connectivity index (χ1n) is 8.74. The lowest BCUT2D eigenvalue weighted by molar-refractivity contribution is -0.153. The van der Waals surface area contributed by atoms with Crippen LogP contribution in [-0.4, -0.2) is 25.1 Å². The third-order valence-corrected chi connectivity index (χ3v) is 4.08. The predicted molar refractivity (Wildman–Crippen MR) is 101 cm³/mol. The predicted octanol–water partition coefficient (Wildman–Crippen LogP) is 3.76. The second kappa shape index (κ2) is 9.61. The quantitative estimate of drug-likeness (QED) is 0.732. The minimum atomic E-state index is -0.855. The minimum absolute atomic E-state index is 0.242. The zero-order valence-electron chi connectivity index (χ0n) is 15.5. The van der Waals surface area contributed by atoms with Gasteiger partial charge in [-0.1, -0.05) is 31.2 Å². The van der Waals surface area contributed by atoms with Crippen LogP contribution in [0.3, 0.4) is 0 Å². The molecule has 0 aliphatic heterocycles. The van der Waals surface area contributed by atoms with Crippen molar-refractivity contribution in [3.8, 4) is 5.75 Å². The molecule has 1 atom stereocenters. The van der Waals surface area contributed by atoms with Gasteiger partial charge in [-0.25, -0.2) is 0 Å². The molecule has 0 fully saturated rings. The van der Waals surface area contributed by atoms with Crippen LogP contribution in [0.25, 0.3) is 0 Å². The van der Waals surface area contributed by atoms with Crippen molar-refractivity contribution in [1.82, 2.24) is 0 Å². The van der Waals surface area contributed by atoms with E-state index in [2.05, 4.69) is 24.4 Å². The molecule has 0 bridgehead atoms. The Bertz CT molecular complexity index is 723. The summed E-state index contributed by atoms with van der Waals surface area (Å²) in [7, 11) is 1.58. The molecule has 5 heteroatoms. The van der Waals surface area contributed by atoms with E-state index in [0.717, 1.165) is 12.0 Å². The smallest absolute Gasteiger partial charge is 0.306 e. The summed E-state index contributed by atoms with van der Waals surface area (Å²) in [5.41, 5.74) is 2.96. The Morgan fingerprint density at radius 3 is 2.19 bits per heavy atom. The molecule has 0 heterocycles. The number of hydrogen-bond donors (Lipinski definition) is 1. The van der Waals surface area contributed by atoms with Gasteiger partial charge in [0.15, 0.2) is 6.10 Å². The van der Waals surface area contributed by atoms with E-state index in [9.17, 15) is 9.59 Å². The van der Waals surface area contributed by atoms with Crippen molar-refractivity contribution in [2.24, 2.45) is 0 Å². The molecule has 1 amide bonds. The van der Waals surface area contributed by atoms with Crippen LogP contribution >= 0.6 is 0 Å². The highest BCUT2D eigenvalue weighted by Crippen LogP contribution is 2.15. The van der Waals surface area contributed by atoms with E-state index < -0.39 is 6.10 Å². The number of methoxy groups -OCH3 is 1. The van der Waals surface area contributed by atoms with Crippen LogP contribution in [0.4, 0.5) is 5.69 Å². The molecule has 0 saturated carbocycles. The second-order valence-corrected chi connectivity index (χ2v) is 6.02. The van der Waals surface area contributed by atoms with Gasteiger partial charge in [-0.05, 0) is 55.2 Å². The van der Waals surface area contributed by atoms with Crippen molar-refractivity contribution < 1.29 is 19.1 Å². The molecular weight excluding hydrogens is 330 g/mol. The van der Waals surface area contributed by atoms with Gasteiger partial charge in [0.25, 0.3) is 5.91 Å². The highest BCUT2D eigenvalue weighted by molar-refractivity contribution is 5.95. The van der Waals surface area contributed by atoms with Crippen LogP contribution in [0.15, 0.2) is 48.5 Å². The number of benzene rings is 2. The average molecular weight is 355 g/mol. The highest BCUT2D eigenvalue weighted by atomic mass is 16.5. The number of aryl methyl sites for hydroxylation is 2. The van der Waals surface area contributed by atoms with Gasteiger partial charge in [-0.3, -0.25) is 9.59 Å². The van der Waals surface area contributed by atoms with Crippen LogP contribution in [0.2, 0.25) is 0 Å². The maximum Gasteiger partial charge on any atom is 0.306 e. The molecule has 0 aromatic heterocycles. The van der Waals surface area contributed by atoms with E-state index in [1.807, 2.05) is 12.1 Å². The van der Waals surface area contributed by atoms with Gasteiger partial charge in [0, 0.05) is 12.1 Å². The number of amides is 1. The molecule has 0 aliphatic rings. The molecule has 0 radical (unpaired) electrons. The zero-order chi connectivity index (χ0) is 18.9. The zero-order valence-corrected chi connectivity index (χ0v) is 15.5. The van der Waals surface area contributed by atoms with E-state index in [4.69, 9.17) is 9.47 Å². The lowest BCUT2D eigenvalue weighted by Crippen LogP contribution is -2.30. The molecule has 2 aromatic rings. The average Bonchev–Trinajstić information content (AvgIpc) is 2.67. The van der Waals surface area contributed by atoms with Crippen LogP contribution < -0.4 is 10.1 Å². The number of ether oxygens (including phenoxy) is 2. The summed E-state index contributed by atoms with van der Waals surface area (Å²) >= 11 is 0. The number of carbonyl (C=O) groups is 2. The van der Waals surface area contributed by atoms with E-state index >= 15 is 0 Å². The lowest BCUT2D eigenvalue weighted by Gasteiger charge is -2.14. The maximum atomic E-state index is 12.1. The number of anilines is 1. The van der Waals surface area contributed by atoms with Crippen molar-refractivity contribution in [3.63, 3.8) is 0 Å². The Morgan fingerprint density at radius 2 is 1.62 bits per heavy atom. The molecule has 0 spiro atoms. The Balaban J connectivity index is 1.78. The van der Waals surface area contributed by atoms with Crippen LogP contribution in [0, 0.1) is 0 Å². The van der Waals surface area contributed by atoms with E-state index in [1.54, 1.807) is 38.3 Å². The molecule has 2 rings (SSSR count). The molecule has 1 N–H and O–H groups in total. The minimum Gasteiger partial charge on any atom is -0.497 e. The summed E-state index contributed by atoms with van der Waals surface area (Å²) in [5, 5.41) is 2.71. The van der Waals surface area contributed by atoms with Crippen molar-refractivity contribution in [2.75, 3.05) is 12.4 Å². The second-order valence-electron chi connectivity index (χ2n) is 6.02. The largest absolute Gasteiger partial charge is 0.497 e. The van der Waals surface area contributed by atoms with Gasteiger partial charge in [-0.15, -0.1) is 0 Å². The Morgan fingerprint density at radius 1 is 1.00 bits per heavy atom. The lowest BCUT2D eigenvalue weighted by atomic mass is 10.1. The van der Waals surface area contributed by atoms with Crippen molar-refractivity contribution in [1.29, 1.82) is 0 Å². The normalized spacial score (nSPS) is 11.5. The van der Waals surface area contributed by atoms with Gasteiger partial charge >= 0.3 is 5.97 Å². The molecule has 0 aliphatic carbocycles. The summed E-state index contributed by atoms with van der Waals surface area (Å²) < 4.78 is 10.3. The third kappa shape index (κ3) is 5.92. The van der Waals surface area contributed by atoms with Gasteiger partial charge in [0.05, 0.1) is 7.11 Å². The first kappa shape index (κ1) is 19.5. The molecule has 2 aromatic carbocycles. The van der Waals surface area contributed by atoms with Crippen LogP contribution in [0.5, 0.6) is 5.75 Å². The van der Waals surface area contributed by atoms with Crippen molar-refractivity contribution in [2.45, 2.75) is 39.2 Å². The monoisotopic (exact) mass is 355 g/mol. The summed E-state index contributed by atoms with van der Waals surface area (Å²) in [5.74, 6) is -0.0489. The topological polar surface area (TPSA) is 64.6 Å². The Kier molecular flexibility index (Phi) is 7.21. The van der Waals surface area contributed by atoms with E-state index in [-0.39, 0.29) is 18.3 Å². The van der Waals surface area contributed by atoms with Crippen molar-refractivity contribution >= 4 is 17.6 Å². The first-order chi connectivity index (χ1) is 12.5. The van der Waals surface area contributed by atoms with Gasteiger partial charge in [-0.2, -0.15) is 0 Å². The Hall–Kier alpha value is -2.82. The fourth-order valence-corrected chi connectivity index (χ4v) is 2.42. The summed E-state index contributed by atoms with van der Waals surface area (Å²) in [6, 6.07) is 15.1. The summed E-state index contributed by atoms with van der Waals surface area (Å²) in [6.07, 6.45) is 0.969. The molecule has 138 valence electrons. The van der Waals surface area contributed by atoms with Crippen molar-refractivity contribution in [3.05, 3.63) is 59.7 Å². The number of hydrogen-bond acceptors (Lipinski definition) is 4. The molecule has 0 saturated heterocycles. The number of carbonyl (C=O) groups excluding carboxylic acids is 2. The highest BCUT2D eigenvalue weighted by Gasteiger charge is 2.17. The van der Waals surface area contributed by atoms with Crippen LogP contribution in [0.1, 0.15) is 31.4 Å².